The van der Waals surface area contributed by atoms with E-state index in [-0.39, 0.29) is 29.5 Å². The molecule has 1 aliphatic carbocycles. The first-order valence-corrected chi connectivity index (χ1v) is 11.2. The van der Waals surface area contributed by atoms with Crippen molar-refractivity contribution in [1.82, 2.24) is 4.98 Å². The molecule has 0 unspecified atom stereocenters. The number of carbonyl (C=O) groups excluding carboxylic acids is 2. The molecule has 8 heteroatoms. The SMILES string of the molecule is COc1cc(C(C)=O)cc(-c2nc(CC(=O)C3(c4ccc5c(c4)OC(F)(F)O5)CC3)ccc2C)c1. The quantitative estimate of drug-likeness (QED) is 0.421. The van der Waals surface area contributed by atoms with Gasteiger partial charge in [0.15, 0.2) is 17.3 Å². The summed E-state index contributed by atoms with van der Waals surface area (Å²) in [5, 5.41) is 0. The maximum Gasteiger partial charge on any atom is 0.586 e. The van der Waals surface area contributed by atoms with Crippen LogP contribution in [0.15, 0.2) is 48.5 Å². The van der Waals surface area contributed by atoms with E-state index in [9.17, 15) is 18.4 Å². The monoisotopic (exact) mass is 479 g/mol. The molecule has 2 aromatic carbocycles. The number of Topliss-reactive ketones (excluding diaryl/α,β-unsaturated/α-hetero) is 2. The molecule has 1 aliphatic heterocycles. The van der Waals surface area contributed by atoms with Gasteiger partial charge >= 0.3 is 6.29 Å². The summed E-state index contributed by atoms with van der Waals surface area (Å²) in [5.41, 5.74) is 3.25. The molecule has 2 aliphatic rings. The maximum absolute atomic E-state index is 13.4. The van der Waals surface area contributed by atoms with Gasteiger partial charge in [-0.05, 0) is 74.2 Å². The summed E-state index contributed by atoms with van der Waals surface area (Å²) in [7, 11) is 1.53. The van der Waals surface area contributed by atoms with E-state index in [1.54, 1.807) is 30.3 Å². The Balaban J connectivity index is 1.42. The number of fused-ring (bicyclic) bond motifs is 1. The number of hydrogen-bond donors (Lipinski definition) is 0. The standard InChI is InChI=1S/C27H23F2NO5/c1-15-4-6-20(30-25(15)18-10-17(16(2)31)11-21(12-18)33-3)14-24(32)26(8-9-26)19-5-7-22-23(13-19)35-27(28,29)34-22/h4-7,10-13H,8-9,14H2,1-3H3. The zero-order valence-corrected chi connectivity index (χ0v) is 19.5. The second kappa shape index (κ2) is 8.15. The van der Waals surface area contributed by atoms with Crippen LogP contribution in [0.1, 0.15) is 46.9 Å². The van der Waals surface area contributed by atoms with Gasteiger partial charge in [-0.1, -0.05) is 12.1 Å². The highest BCUT2D eigenvalue weighted by Gasteiger charge is 2.52. The van der Waals surface area contributed by atoms with Crippen LogP contribution in [-0.4, -0.2) is 30.0 Å². The number of ether oxygens (including phenoxy) is 3. The molecule has 3 aromatic rings. The van der Waals surface area contributed by atoms with E-state index in [0.717, 1.165) is 11.1 Å². The van der Waals surface area contributed by atoms with E-state index in [0.29, 0.717) is 41.1 Å². The van der Waals surface area contributed by atoms with E-state index in [2.05, 4.69) is 9.47 Å². The number of halogens is 2. The smallest absolute Gasteiger partial charge is 0.497 e. The summed E-state index contributed by atoms with van der Waals surface area (Å²) in [6, 6.07) is 13.5. The number of ketones is 2. The normalized spacial score (nSPS) is 16.6. The van der Waals surface area contributed by atoms with Crippen LogP contribution < -0.4 is 14.2 Å². The summed E-state index contributed by atoms with van der Waals surface area (Å²) in [6.07, 6.45) is -2.37. The second-order valence-corrected chi connectivity index (χ2v) is 8.99. The Morgan fingerprint density at radius 2 is 1.77 bits per heavy atom. The van der Waals surface area contributed by atoms with Crippen LogP contribution in [0.25, 0.3) is 11.3 Å². The van der Waals surface area contributed by atoms with Gasteiger partial charge in [0, 0.05) is 23.2 Å². The van der Waals surface area contributed by atoms with Crippen LogP contribution in [0.2, 0.25) is 0 Å². The lowest BCUT2D eigenvalue weighted by Crippen LogP contribution is -2.26. The molecular weight excluding hydrogens is 456 g/mol. The fraction of sp³-hybridized carbons (Fsp3) is 0.296. The first kappa shape index (κ1) is 23.0. The van der Waals surface area contributed by atoms with Gasteiger partial charge in [-0.25, -0.2) is 0 Å². The maximum atomic E-state index is 13.4. The second-order valence-electron chi connectivity index (χ2n) is 8.99. The summed E-state index contributed by atoms with van der Waals surface area (Å²) in [5.74, 6) is 0.296. The molecule has 2 heterocycles. The van der Waals surface area contributed by atoms with Crippen molar-refractivity contribution in [2.75, 3.05) is 7.11 Å². The van der Waals surface area contributed by atoms with Crippen LogP contribution in [0.3, 0.4) is 0 Å². The molecule has 35 heavy (non-hydrogen) atoms. The minimum absolute atomic E-state index is 0.0412. The topological polar surface area (TPSA) is 74.7 Å². The van der Waals surface area contributed by atoms with Crippen LogP contribution in [0.4, 0.5) is 8.78 Å². The van der Waals surface area contributed by atoms with Crippen molar-refractivity contribution >= 4 is 11.6 Å². The van der Waals surface area contributed by atoms with Crippen molar-refractivity contribution in [1.29, 1.82) is 0 Å². The number of hydrogen-bond acceptors (Lipinski definition) is 6. The molecule has 5 rings (SSSR count). The molecule has 0 spiro atoms. The number of aromatic nitrogens is 1. The molecule has 1 fully saturated rings. The van der Waals surface area contributed by atoms with Gasteiger partial charge in [0.1, 0.15) is 11.5 Å². The number of nitrogens with zero attached hydrogens (tertiary/aromatic N) is 1. The van der Waals surface area contributed by atoms with Gasteiger partial charge < -0.3 is 14.2 Å². The predicted octanol–water partition coefficient (Wildman–Crippen LogP) is 5.43. The van der Waals surface area contributed by atoms with Gasteiger partial charge in [0.05, 0.1) is 18.2 Å². The Labute approximate surface area is 200 Å². The molecule has 0 saturated heterocycles. The number of alkyl halides is 2. The molecule has 1 saturated carbocycles. The van der Waals surface area contributed by atoms with E-state index in [1.807, 2.05) is 13.0 Å². The van der Waals surface area contributed by atoms with Crippen LogP contribution >= 0.6 is 0 Å². The molecule has 180 valence electrons. The fourth-order valence-corrected chi connectivity index (χ4v) is 4.45. The van der Waals surface area contributed by atoms with Gasteiger partial charge in [-0.15, -0.1) is 8.78 Å². The van der Waals surface area contributed by atoms with Gasteiger partial charge in [-0.3, -0.25) is 14.6 Å². The Bertz CT molecular complexity index is 1360. The first-order chi connectivity index (χ1) is 16.6. The van der Waals surface area contributed by atoms with Crippen molar-refractivity contribution in [3.63, 3.8) is 0 Å². The largest absolute Gasteiger partial charge is 0.586 e. The van der Waals surface area contributed by atoms with Gasteiger partial charge in [-0.2, -0.15) is 0 Å². The van der Waals surface area contributed by atoms with Crippen LogP contribution in [0, 0.1) is 6.92 Å². The molecule has 6 nitrogen and oxygen atoms in total. The first-order valence-electron chi connectivity index (χ1n) is 11.2. The Hall–Kier alpha value is -3.81. The van der Waals surface area contributed by atoms with Crippen LogP contribution in [-0.2, 0) is 16.6 Å². The molecule has 0 N–H and O–H groups in total. The van der Waals surface area contributed by atoms with Gasteiger partial charge in [0.25, 0.3) is 0 Å². The highest BCUT2D eigenvalue weighted by Crippen LogP contribution is 2.52. The van der Waals surface area contributed by atoms with E-state index < -0.39 is 11.7 Å². The predicted molar refractivity (Wildman–Crippen MR) is 123 cm³/mol. The minimum Gasteiger partial charge on any atom is -0.497 e. The third-order valence-corrected chi connectivity index (χ3v) is 6.56. The van der Waals surface area contributed by atoms with Crippen molar-refractivity contribution in [2.24, 2.45) is 0 Å². The highest BCUT2D eigenvalue weighted by atomic mass is 19.3. The van der Waals surface area contributed by atoms with E-state index in [1.165, 1.54) is 26.2 Å². The third-order valence-electron chi connectivity index (χ3n) is 6.56. The summed E-state index contributed by atoms with van der Waals surface area (Å²) in [4.78, 5) is 30.1. The fourth-order valence-electron chi connectivity index (χ4n) is 4.45. The lowest BCUT2D eigenvalue weighted by Gasteiger charge is -2.16. The molecule has 0 amide bonds. The average Bonchev–Trinajstić information content (AvgIpc) is 3.57. The molecule has 0 radical (unpaired) electrons. The number of pyridine rings is 1. The molecular formula is C27H23F2NO5. The summed E-state index contributed by atoms with van der Waals surface area (Å²) in [6.45, 7) is 3.39. The number of benzene rings is 2. The lowest BCUT2D eigenvalue weighted by atomic mass is 9.88. The Morgan fingerprint density at radius 1 is 1.03 bits per heavy atom. The molecule has 0 bridgehead atoms. The highest BCUT2D eigenvalue weighted by molar-refractivity contribution is 5.96. The lowest BCUT2D eigenvalue weighted by molar-refractivity contribution is -0.286. The third kappa shape index (κ3) is 4.24. The van der Waals surface area contributed by atoms with Crippen molar-refractivity contribution in [2.45, 2.75) is 44.8 Å². The van der Waals surface area contributed by atoms with Crippen molar-refractivity contribution < 1.29 is 32.6 Å². The number of rotatable bonds is 7. The summed E-state index contributed by atoms with van der Waals surface area (Å²) < 4.78 is 41.2. The average molecular weight is 479 g/mol. The Kier molecular flexibility index (Phi) is 5.34. The number of aryl methyl sites for hydroxylation is 1. The summed E-state index contributed by atoms with van der Waals surface area (Å²) >= 11 is 0. The number of methoxy groups -OCH3 is 1. The molecule has 1 aromatic heterocycles. The number of carbonyl (C=O) groups is 2. The molecule has 0 atom stereocenters. The van der Waals surface area contributed by atoms with Gasteiger partial charge in [0.2, 0.25) is 0 Å². The van der Waals surface area contributed by atoms with E-state index >= 15 is 0 Å². The zero-order chi connectivity index (χ0) is 25.0. The van der Waals surface area contributed by atoms with Crippen molar-refractivity contribution in [3.8, 4) is 28.5 Å². The minimum atomic E-state index is -3.70. The Morgan fingerprint density at radius 3 is 2.46 bits per heavy atom. The van der Waals surface area contributed by atoms with Crippen molar-refractivity contribution in [3.05, 3.63) is 70.9 Å². The van der Waals surface area contributed by atoms with Crippen LogP contribution in [0.5, 0.6) is 17.2 Å². The zero-order valence-electron chi connectivity index (χ0n) is 19.5. The van der Waals surface area contributed by atoms with E-state index in [4.69, 9.17) is 9.72 Å².